The zero-order chi connectivity index (χ0) is 26.2. The van der Waals surface area contributed by atoms with Crippen LogP contribution in [0.15, 0.2) is 25.3 Å². The minimum atomic E-state index is -0.672. The summed E-state index contributed by atoms with van der Waals surface area (Å²) in [6.45, 7) is 12.3. The average molecular weight is 518 g/mol. The van der Waals surface area contributed by atoms with E-state index >= 15 is 0 Å². The van der Waals surface area contributed by atoms with Gasteiger partial charge in [-0.05, 0) is 31.6 Å². The number of fused-ring (bicyclic) bond motifs is 1. The van der Waals surface area contributed by atoms with E-state index in [4.69, 9.17) is 0 Å². The Kier molecular flexibility index (Phi) is 8.25. The summed E-state index contributed by atoms with van der Waals surface area (Å²) in [6.07, 6.45) is 10.4. The molecule has 4 aliphatic rings. The van der Waals surface area contributed by atoms with Crippen molar-refractivity contribution < 1.29 is 19.5 Å². The molecule has 3 amide bonds. The summed E-state index contributed by atoms with van der Waals surface area (Å²) in [5.41, 5.74) is 0. The Labute approximate surface area is 220 Å². The van der Waals surface area contributed by atoms with Crippen molar-refractivity contribution in [2.45, 2.75) is 86.9 Å². The Hall–Kier alpha value is -1.80. The maximum absolute atomic E-state index is 14.6. The molecule has 8 heteroatoms. The van der Waals surface area contributed by atoms with Gasteiger partial charge in [-0.2, -0.15) is 0 Å². The van der Waals surface area contributed by atoms with Gasteiger partial charge < -0.3 is 19.8 Å². The number of hydrogen-bond acceptors (Lipinski definition) is 5. The Morgan fingerprint density at radius 2 is 1.81 bits per heavy atom. The molecular formula is C28H43N3O4S. The molecule has 1 spiro atoms. The van der Waals surface area contributed by atoms with E-state index in [0.717, 1.165) is 38.5 Å². The Morgan fingerprint density at radius 3 is 2.39 bits per heavy atom. The fourth-order valence-electron chi connectivity index (χ4n) is 7.28. The van der Waals surface area contributed by atoms with Crippen LogP contribution in [0.5, 0.6) is 0 Å². The minimum absolute atomic E-state index is 0.0215. The van der Waals surface area contributed by atoms with Crippen LogP contribution >= 0.6 is 11.8 Å². The fourth-order valence-corrected chi connectivity index (χ4v) is 9.47. The zero-order valence-corrected chi connectivity index (χ0v) is 22.9. The molecule has 0 radical (unpaired) electrons. The van der Waals surface area contributed by atoms with Gasteiger partial charge in [-0.3, -0.25) is 14.4 Å². The third kappa shape index (κ3) is 4.32. The molecule has 200 valence electrons. The second kappa shape index (κ2) is 10.9. The van der Waals surface area contributed by atoms with Crippen molar-refractivity contribution in [1.29, 1.82) is 0 Å². The smallest absolute Gasteiger partial charge is 0.247 e. The second-order valence-electron chi connectivity index (χ2n) is 11.4. The van der Waals surface area contributed by atoms with Crippen LogP contribution in [0.4, 0.5) is 0 Å². The van der Waals surface area contributed by atoms with E-state index in [1.807, 2.05) is 18.7 Å². The first-order valence-corrected chi connectivity index (χ1v) is 14.5. The standard InChI is InChI=1S/C28H43N3O4S/c1-6-15-29(5)25(33)22-21-13-14-28(36-21)23(22)26(34)31(20(17-32)18(3)4)24(28)27(35)30(16-7-2)19-11-9-8-10-12-19/h6-7,18-24,32H,1-2,8-17H2,3-5H3/t20-,21+,22-,23-,24?,28?/m0/s1. The molecule has 3 saturated heterocycles. The van der Waals surface area contributed by atoms with E-state index in [1.165, 1.54) is 6.42 Å². The molecule has 1 aliphatic carbocycles. The average Bonchev–Trinajstić information content (AvgIpc) is 3.50. The van der Waals surface area contributed by atoms with E-state index in [-0.39, 0.29) is 41.5 Å². The third-order valence-corrected chi connectivity index (χ3v) is 10.9. The molecule has 4 rings (SSSR count). The van der Waals surface area contributed by atoms with Crippen LogP contribution in [-0.4, -0.2) is 92.4 Å². The van der Waals surface area contributed by atoms with Gasteiger partial charge in [-0.15, -0.1) is 24.9 Å². The van der Waals surface area contributed by atoms with E-state index in [2.05, 4.69) is 13.2 Å². The van der Waals surface area contributed by atoms with Gasteiger partial charge >= 0.3 is 0 Å². The number of thioether (sulfide) groups is 1. The second-order valence-corrected chi connectivity index (χ2v) is 13.0. The molecule has 7 nitrogen and oxygen atoms in total. The van der Waals surface area contributed by atoms with E-state index in [9.17, 15) is 19.5 Å². The topological polar surface area (TPSA) is 81.2 Å². The number of likely N-dealkylation sites (tertiary alicyclic amines) is 1. The van der Waals surface area contributed by atoms with Gasteiger partial charge in [0.25, 0.3) is 0 Å². The maximum atomic E-state index is 14.6. The Balaban J connectivity index is 1.77. The SMILES string of the molecule is C=CCN(C)C(=O)[C@@H]1[C@H]2C(=O)N([C@@H](CO)C(C)C)C(C(=O)N(CC=C)C3CCCCC3)C23CC[C@H]1S3. The Morgan fingerprint density at radius 1 is 1.14 bits per heavy atom. The van der Waals surface area contributed by atoms with Crippen LogP contribution in [0.2, 0.25) is 0 Å². The number of likely N-dealkylation sites (N-methyl/N-ethyl adjacent to an activating group) is 1. The molecule has 3 aliphatic heterocycles. The number of rotatable bonds is 10. The lowest BCUT2D eigenvalue weighted by molar-refractivity contribution is -0.148. The number of nitrogens with zero attached hydrogens (tertiary/aromatic N) is 3. The van der Waals surface area contributed by atoms with Gasteiger partial charge in [0.15, 0.2) is 0 Å². The summed E-state index contributed by atoms with van der Waals surface area (Å²) in [7, 11) is 1.76. The minimum Gasteiger partial charge on any atom is -0.394 e. The highest BCUT2D eigenvalue weighted by Gasteiger charge is 2.74. The van der Waals surface area contributed by atoms with Gasteiger partial charge in [-0.25, -0.2) is 0 Å². The predicted octanol–water partition coefficient (Wildman–Crippen LogP) is 3.09. The summed E-state index contributed by atoms with van der Waals surface area (Å²) in [5.74, 6) is -1.22. The monoisotopic (exact) mass is 517 g/mol. The number of hydrogen-bond donors (Lipinski definition) is 1. The molecule has 1 N–H and O–H groups in total. The first-order valence-electron chi connectivity index (χ1n) is 13.6. The molecule has 0 aromatic rings. The van der Waals surface area contributed by atoms with E-state index < -0.39 is 28.7 Å². The van der Waals surface area contributed by atoms with Crippen molar-refractivity contribution >= 4 is 29.5 Å². The van der Waals surface area contributed by atoms with Crippen molar-refractivity contribution in [3.63, 3.8) is 0 Å². The molecule has 4 fully saturated rings. The normalized spacial score (nSPS) is 32.5. The highest BCUT2D eigenvalue weighted by molar-refractivity contribution is 8.02. The molecule has 6 atom stereocenters. The van der Waals surface area contributed by atoms with Gasteiger partial charge in [0.2, 0.25) is 17.7 Å². The van der Waals surface area contributed by atoms with Crippen LogP contribution in [0.3, 0.4) is 0 Å². The van der Waals surface area contributed by atoms with Crippen molar-refractivity contribution in [2.24, 2.45) is 17.8 Å². The largest absolute Gasteiger partial charge is 0.394 e. The molecular weight excluding hydrogens is 474 g/mol. The lowest BCUT2D eigenvalue weighted by atomic mass is 9.70. The van der Waals surface area contributed by atoms with E-state index in [0.29, 0.717) is 13.1 Å². The molecule has 2 bridgehead atoms. The molecule has 36 heavy (non-hydrogen) atoms. The first kappa shape index (κ1) is 27.2. The summed E-state index contributed by atoms with van der Waals surface area (Å²) < 4.78 is -0.634. The molecule has 2 unspecified atom stereocenters. The summed E-state index contributed by atoms with van der Waals surface area (Å²) in [5, 5.41) is 10.4. The lowest BCUT2D eigenvalue weighted by Crippen LogP contribution is -2.60. The molecule has 0 aromatic heterocycles. The Bertz CT molecular complexity index is 888. The van der Waals surface area contributed by atoms with E-state index in [1.54, 1.807) is 40.8 Å². The van der Waals surface area contributed by atoms with Gasteiger partial charge in [0.1, 0.15) is 6.04 Å². The van der Waals surface area contributed by atoms with Crippen LogP contribution < -0.4 is 0 Å². The van der Waals surface area contributed by atoms with Crippen molar-refractivity contribution in [3.05, 3.63) is 25.3 Å². The lowest BCUT2D eigenvalue weighted by Gasteiger charge is -2.43. The number of carbonyl (C=O) groups excluding carboxylic acids is 3. The predicted molar refractivity (Wildman–Crippen MR) is 143 cm³/mol. The maximum Gasteiger partial charge on any atom is 0.247 e. The summed E-state index contributed by atoms with van der Waals surface area (Å²) in [4.78, 5) is 47.7. The quantitative estimate of drug-likeness (QED) is 0.451. The van der Waals surface area contributed by atoms with Gasteiger partial charge in [0, 0.05) is 31.4 Å². The third-order valence-electron chi connectivity index (χ3n) is 8.97. The van der Waals surface area contributed by atoms with Gasteiger partial charge in [0.05, 0.1) is 29.2 Å². The van der Waals surface area contributed by atoms with Gasteiger partial charge in [-0.1, -0.05) is 45.3 Å². The number of carbonyl (C=O) groups is 3. The molecule has 0 aromatic carbocycles. The molecule has 1 saturated carbocycles. The highest BCUT2D eigenvalue weighted by Crippen LogP contribution is 2.67. The van der Waals surface area contributed by atoms with Crippen molar-refractivity contribution in [2.75, 3.05) is 26.7 Å². The fraction of sp³-hybridized carbons (Fsp3) is 0.750. The number of aliphatic hydroxyl groups excluding tert-OH is 1. The van der Waals surface area contributed by atoms with Crippen molar-refractivity contribution in [3.8, 4) is 0 Å². The molecule has 3 heterocycles. The number of aliphatic hydroxyl groups is 1. The van der Waals surface area contributed by atoms with Crippen LogP contribution in [0.25, 0.3) is 0 Å². The van der Waals surface area contributed by atoms with Crippen LogP contribution in [0, 0.1) is 17.8 Å². The van der Waals surface area contributed by atoms with Crippen LogP contribution in [0.1, 0.15) is 58.8 Å². The highest BCUT2D eigenvalue weighted by atomic mass is 32.2. The van der Waals surface area contributed by atoms with Crippen LogP contribution in [-0.2, 0) is 14.4 Å². The first-order chi connectivity index (χ1) is 17.2. The number of amides is 3. The van der Waals surface area contributed by atoms with Crippen molar-refractivity contribution in [1.82, 2.24) is 14.7 Å². The zero-order valence-electron chi connectivity index (χ0n) is 22.1. The summed E-state index contributed by atoms with van der Waals surface area (Å²) >= 11 is 1.70. The summed E-state index contributed by atoms with van der Waals surface area (Å²) in [6, 6.07) is -0.998.